The molecule has 2 heteroatoms. The van der Waals surface area contributed by atoms with Crippen LogP contribution in [0.15, 0.2) is 24.3 Å². The first-order valence-electron chi connectivity index (χ1n) is 4.89. The lowest BCUT2D eigenvalue weighted by Gasteiger charge is -2.12. The average Bonchev–Trinajstić information content (AvgIpc) is 2.26. The van der Waals surface area contributed by atoms with E-state index in [9.17, 15) is 0 Å². The van der Waals surface area contributed by atoms with Gasteiger partial charge in [0.05, 0.1) is 17.7 Å². The Kier molecular flexibility index (Phi) is 4.15. The van der Waals surface area contributed by atoms with Crippen molar-refractivity contribution in [1.82, 2.24) is 0 Å². The van der Waals surface area contributed by atoms with Crippen LogP contribution in [0.5, 0.6) is 0 Å². The van der Waals surface area contributed by atoms with Crippen LogP contribution in [0.25, 0.3) is 0 Å². The van der Waals surface area contributed by atoms with Gasteiger partial charge in [-0.3, -0.25) is 0 Å². The van der Waals surface area contributed by atoms with Crippen LogP contribution in [0.3, 0.4) is 0 Å². The maximum atomic E-state index is 8.63. The zero-order chi connectivity index (χ0) is 10.4. The number of benzene rings is 1. The van der Waals surface area contributed by atoms with Crippen molar-refractivity contribution in [3.8, 4) is 6.07 Å². The minimum Gasteiger partial charge on any atom is -0.374 e. The normalized spacial score (nSPS) is 12.1. The lowest BCUT2D eigenvalue weighted by atomic mass is 10.1. The first-order valence-corrected chi connectivity index (χ1v) is 4.89. The highest BCUT2D eigenvalue weighted by Crippen LogP contribution is 2.16. The van der Waals surface area contributed by atoms with E-state index in [4.69, 9.17) is 10.00 Å². The van der Waals surface area contributed by atoms with Crippen LogP contribution in [0.4, 0.5) is 0 Å². The molecule has 2 nitrogen and oxygen atoms in total. The molecule has 0 radical (unpaired) electrons. The lowest BCUT2D eigenvalue weighted by molar-refractivity contribution is 0.0663. The van der Waals surface area contributed by atoms with Gasteiger partial charge >= 0.3 is 0 Å². The molecule has 0 aliphatic carbocycles. The van der Waals surface area contributed by atoms with Crippen molar-refractivity contribution in [3.05, 3.63) is 35.4 Å². The Morgan fingerprint density at radius 1 is 1.36 bits per heavy atom. The molecule has 0 saturated heterocycles. The summed E-state index contributed by atoms with van der Waals surface area (Å²) in [6.45, 7) is 4.89. The summed E-state index contributed by atoms with van der Waals surface area (Å²) in [4.78, 5) is 0. The minimum absolute atomic E-state index is 0.114. The van der Waals surface area contributed by atoms with Gasteiger partial charge in [0.1, 0.15) is 0 Å². The minimum atomic E-state index is 0.114. The van der Waals surface area contributed by atoms with Gasteiger partial charge in [-0.05, 0) is 31.0 Å². The molecule has 0 aliphatic heterocycles. The fraction of sp³-hybridized carbons (Fsp3) is 0.417. The largest absolute Gasteiger partial charge is 0.374 e. The van der Waals surface area contributed by atoms with Gasteiger partial charge in [0.15, 0.2) is 0 Å². The number of hydrogen-bond acceptors (Lipinski definition) is 2. The summed E-state index contributed by atoms with van der Waals surface area (Å²) < 4.78 is 5.57. The molecule has 0 bridgehead atoms. The smallest absolute Gasteiger partial charge is 0.0991 e. The van der Waals surface area contributed by atoms with E-state index < -0.39 is 0 Å². The van der Waals surface area contributed by atoms with Gasteiger partial charge in [-0.2, -0.15) is 5.26 Å². The average molecular weight is 189 g/mol. The Labute approximate surface area is 85.1 Å². The molecular formula is C12H15NO. The molecule has 74 valence electrons. The van der Waals surface area contributed by atoms with E-state index in [1.54, 1.807) is 0 Å². The van der Waals surface area contributed by atoms with Gasteiger partial charge in [0.2, 0.25) is 0 Å². The van der Waals surface area contributed by atoms with Crippen LogP contribution in [-0.2, 0) is 4.74 Å². The van der Waals surface area contributed by atoms with E-state index in [0.717, 1.165) is 18.6 Å². The zero-order valence-corrected chi connectivity index (χ0v) is 8.66. The third-order valence-corrected chi connectivity index (χ3v) is 2.08. The molecule has 0 heterocycles. The Morgan fingerprint density at radius 2 is 2.00 bits per heavy atom. The van der Waals surface area contributed by atoms with E-state index in [2.05, 4.69) is 13.0 Å². The van der Waals surface area contributed by atoms with Crippen LogP contribution in [-0.4, -0.2) is 6.61 Å². The highest BCUT2D eigenvalue weighted by atomic mass is 16.5. The van der Waals surface area contributed by atoms with Crippen LogP contribution in [0, 0.1) is 11.3 Å². The predicted molar refractivity (Wildman–Crippen MR) is 55.8 cm³/mol. The zero-order valence-electron chi connectivity index (χ0n) is 8.66. The number of hydrogen-bond donors (Lipinski definition) is 0. The second-order valence-corrected chi connectivity index (χ2v) is 3.25. The highest BCUT2D eigenvalue weighted by Gasteiger charge is 2.04. The highest BCUT2D eigenvalue weighted by molar-refractivity contribution is 5.32. The Bertz CT molecular complexity index is 310. The molecule has 1 atom stereocenters. The van der Waals surface area contributed by atoms with E-state index in [-0.39, 0.29) is 6.10 Å². The third kappa shape index (κ3) is 2.86. The molecule has 0 N–H and O–H groups in total. The van der Waals surface area contributed by atoms with Gasteiger partial charge < -0.3 is 4.74 Å². The summed E-state index contributed by atoms with van der Waals surface area (Å²) in [6.07, 6.45) is 1.14. The second kappa shape index (κ2) is 5.41. The molecule has 1 aromatic rings. The van der Waals surface area contributed by atoms with Crippen LogP contribution >= 0.6 is 0 Å². The van der Waals surface area contributed by atoms with Crippen molar-refractivity contribution in [1.29, 1.82) is 5.26 Å². The SMILES string of the molecule is CCCO[C@@H](C)c1ccc(C#N)cc1. The van der Waals surface area contributed by atoms with Gasteiger partial charge in [0.25, 0.3) is 0 Å². The van der Waals surface area contributed by atoms with Crippen molar-refractivity contribution < 1.29 is 4.74 Å². The third-order valence-electron chi connectivity index (χ3n) is 2.08. The molecule has 0 aliphatic rings. The predicted octanol–water partition coefficient (Wildman–Crippen LogP) is 3.05. The van der Waals surface area contributed by atoms with E-state index in [1.807, 2.05) is 31.2 Å². The molecule has 0 spiro atoms. The summed E-state index contributed by atoms with van der Waals surface area (Å²) in [5, 5.41) is 8.63. The van der Waals surface area contributed by atoms with Gasteiger partial charge in [-0.15, -0.1) is 0 Å². The molecule has 1 aromatic carbocycles. The summed E-state index contributed by atoms with van der Waals surface area (Å²) in [6, 6.07) is 9.62. The lowest BCUT2D eigenvalue weighted by Crippen LogP contribution is -2.00. The van der Waals surface area contributed by atoms with Crippen molar-refractivity contribution in [2.75, 3.05) is 6.61 Å². The fourth-order valence-corrected chi connectivity index (χ4v) is 1.22. The van der Waals surface area contributed by atoms with Crippen LogP contribution in [0.2, 0.25) is 0 Å². The first kappa shape index (κ1) is 10.7. The van der Waals surface area contributed by atoms with Crippen LogP contribution in [0.1, 0.15) is 37.5 Å². The van der Waals surface area contributed by atoms with Crippen molar-refractivity contribution in [3.63, 3.8) is 0 Å². The Hall–Kier alpha value is -1.33. The summed E-state index contributed by atoms with van der Waals surface area (Å²) in [7, 11) is 0. The maximum Gasteiger partial charge on any atom is 0.0991 e. The molecule has 0 saturated carbocycles. The first-order chi connectivity index (χ1) is 6.77. The standard InChI is InChI=1S/C12H15NO/c1-3-8-14-10(2)12-6-4-11(9-13)5-7-12/h4-7,10H,3,8H2,1-2H3/t10-/m0/s1. The topological polar surface area (TPSA) is 33.0 Å². The molecule has 0 fully saturated rings. The quantitative estimate of drug-likeness (QED) is 0.729. The molecule has 1 rings (SSSR count). The van der Waals surface area contributed by atoms with Crippen molar-refractivity contribution >= 4 is 0 Å². The summed E-state index contributed by atoms with van der Waals surface area (Å²) >= 11 is 0. The monoisotopic (exact) mass is 189 g/mol. The van der Waals surface area contributed by atoms with E-state index in [0.29, 0.717) is 5.56 Å². The van der Waals surface area contributed by atoms with Gasteiger partial charge in [-0.25, -0.2) is 0 Å². The fourth-order valence-electron chi connectivity index (χ4n) is 1.22. The van der Waals surface area contributed by atoms with Crippen LogP contribution < -0.4 is 0 Å². The van der Waals surface area contributed by atoms with E-state index in [1.165, 1.54) is 0 Å². The second-order valence-electron chi connectivity index (χ2n) is 3.25. The molecule has 0 amide bonds. The number of ether oxygens (including phenoxy) is 1. The van der Waals surface area contributed by atoms with Gasteiger partial charge in [-0.1, -0.05) is 19.1 Å². The van der Waals surface area contributed by atoms with Crippen molar-refractivity contribution in [2.45, 2.75) is 26.4 Å². The van der Waals surface area contributed by atoms with Gasteiger partial charge in [0, 0.05) is 6.61 Å². The molecule has 0 aromatic heterocycles. The summed E-state index contributed by atoms with van der Waals surface area (Å²) in [5.41, 5.74) is 1.81. The van der Waals surface area contributed by atoms with Crippen molar-refractivity contribution in [2.24, 2.45) is 0 Å². The number of rotatable bonds is 4. The molecule has 14 heavy (non-hydrogen) atoms. The molecular weight excluding hydrogens is 174 g/mol. The Morgan fingerprint density at radius 3 is 2.50 bits per heavy atom. The Balaban J connectivity index is 2.63. The number of nitrogens with zero attached hydrogens (tertiary/aromatic N) is 1. The summed E-state index contributed by atoms with van der Waals surface area (Å²) in [5.74, 6) is 0. The maximum absolute atomic E-state index is 8.63. The number of nitriles is 1. The van der Waals surface area contributed by atoms with E-state index >= 15 is 0 Å². The molecule has 0 unspecified atom stereocenters.